The van der Waals surface area contributed by atoms with Crippen molar-refractivity contribution in [2.45, 2.75) is 82.5 Å². The third-order valence-corrected chi connectivity index (χ3v) is 10.0. The number of fused-ring (bicyclic) bond motifs is 5. The molecule has 0 aromatic heterocycles. The van der Waals surface area contributed by atoms with Crippen molar-refractivity contribution in [3.05, 3.63) is 59.2 Å². The number of methoxy groups -OCH3 is 1. The van der Waals surface area contributed by atoms with Crippen molar-refractivity contribution >= 4 is 6.29 Å². The quantitative estimate of drug-likeness (QED) is 0.511. The van der Waals surface area contributed by atoms with Crippen LogP contribution >= 0.6 is 0 Å². The monoisotopic (exact) mass is 490 g/mol. The van der Waals surface area contributed by atoms with E-state index in [1.165, 1.54) is 23.0 Å². The molecule has 2 saturated carbocycles. The zero-order valence-corrected chi connectivity index (χ0v) is 21.4. The first-order valence-electron chi connectivity index (χ1n) is 13.7. The Morgan fingerprint density at radius 2 is 1.92 bits per heavy atom. The predicted molar refractivity (Wildman–Crippen MR) is 137 cm³/mol. The van der Waals surface area contributed by atoms with E-state index in [2.05, 4.69) is 19.1 Å². The molecule has 0 amide bonds. The molecule has 6 rings (SSSR count). The summed E-state index contributed by atoms with van der Waals surface area (Å²) in [7, 11) is 1.71. The first-order chi connectivity index (χ1) is 17.5. The van der Waals surface area contributed by atoms with Crippen LogP contribution < -0.4 is 4.74 Å². The molecule has 1 N–H and O–H groups in total. The van der Waals surface area contributed by atoms with Crippen molar-refractivity contribution in [2.75, 3.05) is 13.7 Å². The zero-order valence-electron chi connectivity index (χ0n) is 21.4. The highest BCUT2D eigenvalue weighted by atomic mass is 16.7. The average Bonchev–Trinajstić information content (AvgIpc) is 3.24. The number of phenols is 1. The van der Waals surface area contributed by atoms with E-state index in [9.17, 15) is 9.90 Å². The Morgan fingerprint density at radius 3 is 2.64 bits per heavy atom. The molecule has 1 heterocycles. The Hall–Kier alpha value is -2.37. The van der Waals surface area contributed by atoms with Crippen LogP contribution in [0.1, 0.15) is 80.4 Å². The molecule has 7 atom stereocenters. The molecular weight excluding hydrogens is 452 g/mol. The molecule has 1 aliphatic heterocycles. The molecule has 0 radical (unpaired) electrons. The van der Waals surface area contributed by atoms with Crippen LogP contribution in [0.2, 0.25) is 0 Å². The van der Waals surface area contributed by atoms with Gasteiger partial charge in [-0.15, -0.1) is 0 Å². The molecule has 1 saturated heterocycles. The Bertz CT molecular complexity index is 1110. The number of aldehydes is 1. The summed E-state index contributed by atoms with van der Waals surface area (Å²) in [6, 6.07) is 14.1. The van der Waals surface area contributed by atoms with Crippen LogP contribution in [0, 0.1) is 16.7 Å². The Balaban J connectivity index is 1.45. The minimum Gasteiger partial charge on any atom is -0.508 e. The topological polar surface area (TPSA) is 65.0 Å². The van der Waals surface area contributed by atoms with Crippen molar-refractivity contribution in [3.8, 4) is 11.5 Å². The Kier molecular flexibility index (Phi) is 6.12. The van der Waals surface area contributed by atoms with Gasteiger partial charge < -0.3 is 24.1 Å². The van der Waals surface area contributed by atoms with Gasteiger partial charge >= 0.3 is 0 Å². The number of hydrogen-bond donors (Lipinski definition) is 1. The fraction of sp³-hybridized carbons (Fsp3) is 0.581. The lowest BCUT2D eigenvalue weighted by Crippen LogP contribution is -2.55. The van der Waals surface area contributed by atoms with Crippen LogP contribution in [0.3, 0.4) is 0 Å². The predicted octanol–water partition coefficient (Wildman–Crippen LogP) is 6.13. The van der Waals surface area contributed by atoms with Gasteiger partial charge in [-0.05, 0) is 110 Å². The summed E-state index contributed by atoms with van der Waals surface area (Å²) in [5.74, 6) is 1.66. The largest absolute Gasteiger partial charge is 0.508 e. The highest BCUT2D eigenvalue weighted by Gasteiger charge is 2.65. The van der Waals surface area contributed by atoms with E-state index in [0.717, 1.165) is 63.7 Å². The lowest BCUT2D eigenvalue weighted by Gasteiger charge is -2.59. The van der Waals surface area contributed by atoms with Crippen LogP contribution in [0.4, 0.5) is 0 Å². The average molecular weight is 491 g/mol. The van der Waals surface area contributed by atoms with E-state index in [1.807, 2.05) is 18.2 Å². The molecule has 3 fully saturated rings. The van der Waals surface area contributed by atoms with Gasteiger partial charge in [0, 0.05) is 17.9 Å². The van der Waals surface area contributed by atoms with E-state index >= 15 is 0 Å². The number of hydrogen-bond acceptors (Lipinski definition) is 5. The maximum Gasteiger partial charge on any atom is 0.157 e. The maximum absolute atomic E-state index is 13.3. The molecule has 4 aliphatic rings. The third-order valence-electron chi connectivity index (χ3n) is 10.0. The van der Waals surface area contributed by atoms with E-state index in [-0.39, 0.29) is 41.3 Å². The molecule has 192 valence electrons. The van der Waals surface area contributed by atoms with Gasteiger partial charge in [0.15, 0.2) is 6.29 Å². The summed E-state index contributed by atoms with van der Waals surface area (Å²) in [6.07, 6.45) is 9.15. The first-order valence-corrected chi connectivity index (χ1v) is 13.7. The number of ether oxygens (including phenoxy) is 3. The van der Waals surface area contributed by atoms with Gasteiger partial charge in [-0.2, -0.15) is 0 Å². The number of aromatic hydroxyl groups is 1. The molecule has 5 heteroatoms. The fourth-order valence-electron chi connectivity index (χ4n) is 8.43. The number of aryl methyl sites for hydroxylation is 1. The van der Waals surface area contributed by atoms with Gasteiger partial charge in [0.2, 0.25) is 0 Å². The summed E-state index contributed by atoms with van der Waals surface area (Å²) in [4.78, 5) is 13.3. The van der Waals surface area contributed by atoms with Crippen molar-refractivity contribution in [2.24, 2.45) is 16.7 Å². The maximum atomic E-state index is 13.3. The molecule has 36 heavy (non-hydrogen) atoms. The van der Waals surface area contributed by atoms with Crippen LogP contribution in [-0.4, -0.2) is 37.5 Å². The highest BCUT2D eigenvalue weighted by molar-refractivity contribution is 5.67. The summed E-state index contributed by atoms with van der Waals surface area (Å²) in [5, 5.41) is 10.0. The van der Waals surface area contributed by atoms with Gasteiger partial charge in [0.05, 0.1) is 13.2 Å². The van der Waals surface area contributed by atoms with E-state index in [4.69, 9.17) is 14.2 Å². The summed E-state index contributed by atoms with van der Waals surface area (Å²) >= 11 is 0. The first kappa shape index (κ1) is 24.0. The minimum absolute atomic E-state index is 0.0836. The molecule has 1 unspecified atom stereocenters. The van der Waals surface area contributed by atoms with E-state index in [0.29, 0.717) is 0 Å². The van der Waals surface area contributed by atoms with Crippen molar-refractivity contribution in [1.29, 1.82) is 0 Å². The second kappa shape index (κ2) is 9.18. The van der Waals surface area contributed by atoms with Crippen molar-refractivity contribution in [3.63, 3.8) is 0 Å². The lowest BCUT2D eigenvalue weighted by molar-refractivity contribution is -0.217. The van der Waals surface area contributed by atoms with Crippen LogP contribution in [-0.2, 0) is 20.7 Å². The van der Waals surface area contributed by atoms with E-state index < -0.39 is 5.41 Å². The van der Waals surface area contributed by atoms with Crippen molar-refractivity contribution in [1.82, 2.24) is 0 Å². The highest BCUT2D eigenvalue weighted by Crippen LogP contribution is 2.70. The van der Waals surface area contributed by atoms with E-state index in [1.54, 1.807) is 19.2 Å². The number of carbonyl (C=O) groups is 1. The van der Waals surface area contributed by atoms with Crippen LogP contribution in [0.15, 0.2) is 42.5 Å². The van der Waals surface area contributed by atoms with Gasteiger partial charge in [-0.1, -0.05) is 25.1 Å². The lowest BCUT2D eigenvalue weighted by atomic mass is 9.44. The molecule has 3 aliphatic carbocycles. The molecule has 2 aromatic carbocycles. The molecule has 2 aromatic rings. The standard InChI is InChI=1S/C31H38O5/c1-30-18-25(20-6-8-22(33)9-7-20)29-24-11-10-23(34-2)17-21(24)14-15-31(29,19-32)26(30)12-13-27(30)36-28-5-3-4-16-35-28/h6-11,17,19,25-29,33H,3-5,12-16,18H2,1-2H3/t25-,26-,27+,28?,29+,30+,31-/m1/s1. The molecule has 0 bridgehead atoms. The number of carbonyl (C=O) groups excluding carboxylic acids is 1. The second-order valence-corrected chi connectivity index (χ2v) is 11.7. The zero-order chi connectivity index (χ0) is 24.9. The summed E-state index contributed by atoms with van der Waals surface area (Å²) in [6.45, 7) is 3.14. The van der Waals surface area contributed by atoms with Gasteiger partial charge in [0.25, 0.3) is 0 Å². The number of phenolic OH excluding ortho intramolecular Hbond substituents is 1. The summed E-state index contributed by atoms with van der Waals surface area (Å²) in [5.41, 5.74) is 3.21. The third kappa shape index (κ3) is 3.69. The minimum atomic E-state index is -0.442. The fourth-order valence-corrected chi connectivity index (χ4v) is 8.43. The Labute approximate surface area is 214 Å². The second-order valence-electron chi connectivity index (χ2n) is 11.7. The SMILES string of the molecule is COc1ccc2c(c1)CC[C@@]1(C=O)[C@@H]3CC[C@H](OC4CCCCO4)[C@@]3(C)C[C@H](c3ccc(O)cc3)[C@H]21. The Morgan fingerprint density at radius 1 is 1.08 bits per heavy atom. The smallest absolute Gasteiger partial charge is 0.157 e. The van der Waals surface area contributed by atoms with Gasteiger partial charge in [-0.25, -0.2) is 0 Å². The van der Waals surface area contributed by atoms with Crippen LogP contribution in [0.25, 0.3) is 0 Å². The normalized spacial score (nSPS) is 37.4. The number of rotatable bonds is 5. The van der Waals surface area contributed by atoms with Gasteiger partial charge in [0.1, 0.15) is 17.8 Å². The number of benzene rings is 2. The van der Waals surface area contributed by atoms with Gasteiger partial charge in [-0.3, -0.25) is 0 Å². The molecule has 0 spiro atoms. The summed E-state index contributed by atoms with van der Waals surface area (Å²) < 4.78 is 18.2. The van der Waals surface area contributed by atoms with Crippen LogP contribution in [0.5, 0.6) is 11.5 Å². The molecular formula is C31H38O5. The van der Waals surface area contributed by atoms with Crippen molar-refractivity contribution < 1.29 is 24.1 Å². The molecule has 5 nitrogen and oxygen atoms in total.